The van der Waals surface area contributed by atoms with Crippen molar-refractivity contribution in [1.29, 1.82) is 0 Å². The van der Waals surface area contributed by atoms with E-state index in [1.54, 1.807) is 6.07 Å². The summed E-state index contributed by atoms with van der Waals surface area (Å²) in [5.74, 6) is 0. The van der Waals surface area contributed by atoms with Gasteiger partial charge in [0, 0.05) is 12.1 Å². The number of benzene rings is 1. The monoisotopic (exact) mass is 245 g/mol. The Morgan fingerprint density at radius 1 is 1.24 bits per heavy atom. The van der Waals surface area contributed by atoms with E-state index in [9.17, 15) is 13.2 Å². The highest BCUT2D eigenvalue weighted by Crippen LogP contribution is 2.36. The molecule has 0 aromatic heterocycles. The summed E-state index contributed by atoms with van der Waals surface area (Å²) in [7, 11) is 0. The molecule has 1 aliphatic carbocycles. The molecule has 0 aliphatic heterocycles. The average Bonchev–Trinajstić information content (AvgIpc) is 3.06. The first-order valence-corrected chi connectivity index (χ1v) is 5.48. The van der Waals surface area contributed by atoms with E-state index in [-0.39, 0.29) is 24.3 Å². The van der Waals surface area contributed by atoms with Crippen molar-refractivity contribution >= 4 is 0 Å². The topological polar surface area (TPSA) is 32.3 Å². The van der Waals surface area contributed by atoms with E-state index >= 15 is 0 Å². The highest BCUT2D eigenvalue weighted by Gasteiger charge is 2.42. The van der Waals surface area contributed by atoms with Gasteiger partial charge in [-0.1, -0.05) is 18.2 Å². The quantitative estimate of drug-likeness (QED) is 0.853. The maximum atomic E-state index is 12.7. The van der Waals surface area contributed by atoms with Crippen LogP contribution in [0.1, 0.15) is 24.0 Å². The SMILES string of the molecule is OCC1(NCc2ccccc2C(F)(F)F)CC1. The predicted octanol–water partition coefficient (Wildman–Crippen LogP) is 2.32. The van der Waals surface area contributed by atoms with Crippen molar-refractivity contribution in [2.75, 3.05) is 6.61 Å². The van der Waals surface area contributed by atoms with Gasteiger partial charge in [-0.3, -0.25) is 0 Å². The molecular weight excluding hydrogens is 231 g/mol. The van der Waals surface area contributed by atoms with Gasteiger partial charge in [0.2, 0.25) is 0 Å². The lowest BCUT2D eigenvalue weighted by atomic mass is 10.1. The molecule has 1 aliphatic rings. The zero-order valence-electron chi connectivity index (χ0n) is 9.22. The Hall–Kier alpha value is -1.07. The predicted molar refractivity (Wildman–Crippen MR) is 57.3 cm³/mol. The lowest BCUT2D eigenvalue weighted by molar-refractivity contribution is -0.138. The van der Waals surface area contributed by atoms with Crippen molar-refractivity contribution in [3.8, 4) is 0 Å². The van der Waals surface area contributed by atoms with Crippen LogP contribution in [0.15, 0.2) is 24.3 Å². The Morgan fingerprint density at radius 2 is 1.88 bits per heavy atom. The van der Waals surface area contributed by atoms with Crippen molar-refractivity contribution in [2.24, 2.45) is 0 Å². The highest BCUT2D eigenvalue weighted by molar-refractivity contribution is 5.29. The van der Waals surface area contributed by atoms with E-state index in [0.717, 1.165) is 18.9 Å². The van der Waals surface area contributed by atoms with Crippen molar-refractivity contribution < 1.29 is 18.3 Å². The number of hydrogen-bond acceptors (Lipinski definition) is 2. The second kappa shape index (κ2) is 4.31. The first-order valence-electron chi connectivity index (χ1n) is 5.48. The van der Waals surface area contributed by atoms with E-state index < -0.39 is 11.7 Å². The van der Waals surface area contributed by atoms with Gasteiger partial charge in [-0.25, -0.2) is 0 Å². The molecule has 0 bridgehead atoms. The third kappa shape index (κ3) is 2.79. The molecule has 1 aromatic rings. The van der Waals surface area contributed by atoms with Crippen molar-refractivity contribution in [3.05, 3.63) is 35.4 Å². The molecule has 0 saturated heterocycles. The second-order valence-corrected chi connectivity index (χ2v) is 4.45. The normalized spacial score (nSPS) is 18.1. The summed E-state index contributed by atoms with van der Waals surface area (Å²) < 4.78 is 38.1. The second-order valence-electron chi connectivity index (χ2n) is 4.45. The number of aliphatic hydroxyl groups is 1. The Morgan fingerprint density at radius 3 is 2.41 bits per heavy atom. The largest absolute Gasteiger partial charge is 0.416 e. The van der Waals surface area contributed by atoms with Gasteiger partial charge < -0.3 is 10.4 Å². The Labute approximate surface area is 97.5 Å². The summed E-state index contributed by atoms with van der Waals surface area (Å²) in [6.07, 6.45) is -2.69. The van der Waals surface area contributed by atoms with Gasteiger partial charge in [0.25, 0.3) is 0 Å². The number of hydrogen-bond donors (Lipinski definition) is 2. The average molecular weight is 245 g/mol. The fraction of sp³-hybridized carbons (Fsp3) is 0.500. The van der Waals surface area contributed by atoms with Gasteiger partial charge in [-0.05, 0) is 24.5 Å². The summed E-state index contributed by atoms with van der Waals surface area (Å²) >= 11 is 0. The molecule has 5 heteroatoms. The van der Waals surface area contributed by atoms with Crippen LogP contribution in [0.4, 0.5) is 13.2 Å². The smallest absolute Gasteiger partial charge is 0.394 e. The summed E-state index contributed by atoms with van der Waals surface area (Å²) in [5.41, 5.74) is -0.736. The van der Waals surface area contributed by atoms with Crippen molar-refractivity contribution in [1.82, 2.24) is 5.32 Å². The van der Waals surface area contributed by atoms with Crippen molar-refractivity contribution in [3.63, 3.8) is 0 Å². The van der Waals surface area contributed by atoms with E-state index in [2.05, 4.69) is 5.32 Å². The third-order valence-corrected chi connectivity index (χ3v) is 3.13. The van der Waals surface area contributed by atoms with Crippen LogP contribution in [-0.2, 0) is 12.7 Å². The molecule has 0 spiro atoms. The number of aliphatic hydroxyl groups excluding tert-OH is 1. The number of rotatable bonds is 4. The highest BCUT2D eigenvalue weighted by atomic mass is 19.4. The van der Waals surface area contributed by atoms with Gasteiger partial charge >= 0.3 is 6.18 Å². The summed E-state index contributed by atoms with van der Waals surface area (Å²) in [6.45, 7) is 0.109. The lowest BCUT2D eigenvalue weighted by Crippen LogP contribution is -2.34. The molecule has 0 unspecified atom stereocenters. The molecule has 17 heavy (non-hydrogen) atoms. The summed E-state index contributed by atoms with van der Waals surface area (Å²) in [6, 6.07) is 5.51. The van der Waals surface area contributed by atoms with Crippen LogP contribution in [0.25, 0.3) is 0 Å². The minimum Gasteiger partial charge on any atom is -0.394 e. The van der Waals surface area contributed by atoms with Gasteiger partial charge in [0.15, 0.2) is 0 Å². The molecule has 1 aromatic carbocycles. The number of halogens is 3. The molecular formula is C12H14F3NO. The summed E-state index contributed by atoms with van der Waals surface area (Å²) in [4.78, 5) is 0. The summed E-state index contributed by atoms with van der Waals surface area (Å²) in [5, 5.41) is 12.1. The standard InChI is InChI=1S/C12H14F3NO/c13-12(14,15)10-4-2-1-3-9(10)7-16-11(8-17)5-6-11/h1-4,16-17H,5-8H2. The Bertz CT molecular complexity index is 399. The van der Waals surface area contributed by atoms with Crippen molar-refractivity contribution in [2.45, 2.75) is 31.1 Å². The van der Waals surface area contributed by atoms with Crippen LogP contribution in [0.2, 0.25) is 0 Å². The van der Waals surface area contributed by atoms with Crippen LogP contribution >= 0.6 is 0 Å². The molecule has 1 fully saturated rings. The molecule has 0 atom stereocenters. The molecule has 2 rings (SSSR count). The van der Waals surface area contributed by atoms with Crippen LogP contribution in [0.3, 0.4) is 0 Å². The Balaban J connectivity index is 2.10. The Kier molecular flexibility index (Phi) is 3.14. The van der Waals surface area contributed by atoms with Crippen LogP contribution in [-0.4, -0.2) is 17.3 Å². The maximum absolute atomic E-state index is 12.7. The zero-order valence-corrected chi connectivity index (χ0v) is 9.22. The molecule has 1 saturated carbocycles. The first kappa shape index (κ1) is 12.4. The van der Waals surface area contributed by atoms with Crippen LogP contribution in [0.5, 0.6) is 0 Å². The lowest BCUT2D eigenvalue weighted by Gasteiger charge is -2.17. The molecule has 0 heterocycles. The zero-order chi connectivity index (χ0) is 12.5. The number of alkyl halides is 3. The van der Waals surface area contributed by atoms with E-state index in [1.165, 1.54) is 12.1 Å². The maximum Gasteiger partial charge on any atom is 0.416 e. The molecule has 0 amide bonds. The fourth-order valence-electron chi connectivity index (χ4n) is 1.78. The van der Waals surface area contributed by atoms with Crippen LogP contribution < -0.4 is 5.32 Å². The minimum atomic E-state index is -4.33. The molecule has 94 valence electrons. The first-order chi connectivity index (χ1) is 7.97. The van der Waals surface area contributed by atoms with Gasteiger partial charge in [0.05, 0.1) is 12.2 Å². The van der Waals surface area contributed by atoms with Gasteiger partial charge in [-0.2, -0.15) is 13.2 Å². The van der Waals surface area contributed by atoms with E-state index in [0.29, 0.717) is 0 Å². The minimum absolute atomic E-state index is 0.0266. The van der Waals surface area contributed by atoms with E-state index in [1.807, 2.05) is 0 Å². The molecule has 2 N–H and O–H groups in total. The van der Waals surface area contributed by atoms with Gasteiger partial charge in [0.1, 0.15) is 0 Å². The fourth-order valence-corrected chi connectivity index (χ4v) is 1.78. The van der Waals surface area contributed by atoms with Gasteiger partial charge in [-0.15, -0.1) is 0 Å². The molecule has 2 nitrogen and oxygen atoms in total. The third-order valence-electron chi connectivity index (χ3n) is 3.13. The molecule has 0 radical (unpaired) electrons. The number of nitrogens with one attached hydrogen (secondary N) is 1. The van der Waals surface area contributed by atoms with Crippen LogP contribution in [0, 0.1) is 0 Å². The van der Waals surface area contributed by atoms with E-state index in [4.69, 9.17) is 5.11 Å².